The van der Waals surface area contributed by atoms with Crippen molar-refractivity contribution in [2.75, 3.05) is 10.6 Å². The lowest BCUT2D eigenvalue weighted by Crippen LogP contribution is -1.99. The van der Waals surface area contributed by atoms with Crippen molar-refractivity contribution < 1.29 is 0 Å². The highest BCUT2D eigenvalue weighted by Crippen LogP contribution is 2.34. The summed E-state index contributed by atoms with van der Waals surface area (Å²) < 4.78 is 2.34. The van der Waals surface area contributed by atoms with Gasteiger partial charge in [-0.25, -0.2) is 0 Å². The number of nitrogens with zero attached hydrogens (tertiary/aromatic N) is 1. The SMILES string of the molecule is c1ccc(Nc2cc(Nc3ccccc3)cc(-n3c4ccccc4c4ccccc43)c2)cc1. The fourth-order valence-corrected chi connectivity index (χ4v) is 4.46. The minimum absolute atomic E-state index is 1.03. The van der Waals surface area contributed by atoms with Crippen molar-refractivity contribution in [3.8, 4) is 5.69 Å². The quantitative estimate of drug-likeness (QED) is 0.291. The smallest absolute Gasteiger partial charge is 0.0541 e. The van der Waals surface area contributed by atoms with Gasteiger partial charge in [0.2, 0.25) is 0 Å². The first-order valence-electron chi connectivity index (χ1n) is 11.1. The maximum absolute atomic E-state index is 3.58. The highest BCUT2D eigenvalue weighted by Gasteiger charge is 2.13. The molecule has 0 aliphatic heterocycles. The predicted octanol–water partition coefficient (Wildman–Crippen LogP) is 8.27. The number of aromatic nitrogens is 1. The van der Waals surface area contributed by atoms with Crippen molar-refractivity contribution >= 4 is 44.6 Å². The van der Waals surface area contributed by atoms with Gasteiger partial charge in [0.15, 0.2) is 0 Å². The van der Waals surface area contributed by atoms with Crippen molar-refractivity contribution in [3.05, 3.63) is 127 Å². The molecule has 0 amide bonds. The number of benzene rings is 5. The zero-order valence-electron chi connectivity index (χ0n) is 18.1. The Hall–Kier alpha value is -4.50. The van der Waals surface area contributed by atoms with E-state index >= 15 is 0 Å². The largest absolute Gasteiger partial charge is 0.355 e. The van der Waals surface area contributed by atoms with Gasteiger partial charge in [0.1, 0.15) is 0 Å². The molecule has 0 atom stereocenters. The van der Waals surface area contributed by atoms with Gasteiger partial charge in [-0.05, 0) is 54.6 Å². The van der Waals surface area contributed by atoms with Crippen LogP contribution in [-0.2, 0) is 0 Å². The molecule has 0 unspecified atom stereocenters. The fraction of sp³-hybridized carbons (Fsp3) is 0. The zero-order chi connectivity index (χ0) is 22.0. The van der Waals surface area contributed by atoms with Gasteiger partial charge >= 0.3 is 0 Å². The number of nitrogens with one attached hydrogen (secondary N) is 2. The number of para-hydroxylation sites is 4. The molecule has 0 aliphatic rings. The van der Waals surface area contributed by atoms with Gasteiger partial charge in [-0.2, -0.15) is 0 Å². The Labute approximate surface area is 192 Å². The predicted molar refractivity (Wildman–Crippen MR) is 140 cm³/mol. The number of hydrogen-bond donors (Lipinski definition) is 2. The molecule has 0 saturated heterocycles. The molecule has 5 aromatic carbocycles. The molecule has 6 rings (SSSR count). The van der Waals surface area contributed by atoms with Gasteiger partial charge in [0, 0.05) is 33.5 Å². The van der Waals surface area contributed by atoms with Crippen LogP contribution in [0, 0.1) is 0 Å². The summed E-state index contributed by atoms with van der Waals surface area (Å²) in [5.74, 6) is 0. The lowest BCUT2D eigenvalue weighted by Gasteiger charge is -2.15. The Morgan fingerprint density at radius 3 is 1.30 bits per heavy atom. The Morgan fingerprint density at radius 2 is 0.818 bits per heavy atom. The summed E-state index contributed by atoms with van der Waals surface area (Å²) >= 11 is 0. The third-order valence-corrected chi connectivity index (χ3v) is 5.88. The second kappa shape index (κ2) is 8.21. The number of hydrogen-bond acceptors (Lipinski definition) is 2. The molecule has 0 aliphatic carbocycles. The van der Waals surface area contributed by atoms with Crippen molar-refractivity contribution in [3.63, 3.8) is 0 Å². The molecule has 3 nitrogen and oxygen atoms in total. The zero-order valence-corrected chi connectivity index (χ0v) is 18.1. The van der Waals surface area contributed by atoms with Crippen LogP contribution in [0.15, 0.2) is 127 Å². The summed E-state index contributed by atoms with van der Waals surface area (Å²) in [6.45, 7) is 0. The van der Waals surface area contributed by atoms with E-state index < -0.39 is 0 Å². The topological polar surface area (TPSA) is 29.0 Å². The molecule has 1 heterocycles. The average Bonchev–Trinajstić information content (AvgIpc) is 3.20. The average molecular weight is 426 g/mol. The van der Waals surface area contributed by atoms with Crippen LogP contribution in [0.5, 0.6) is 0 Å². The number of fused-ring (bicyclic) bond motifs is 3. The summed E-state index contributed by atoms with van der Waals surface area (Å²) in [7, 11) is 0. The van der Waals surface area contributed by atoms with Gasteiger partial charge in [0.05, 0.1) is 16.7 Å². The van der Waals surface area contributed by atoms with E-state index in [0.717, 1.165) is 28.4 Å². The first-order chi connectivity index (χ1) is 16.3. The van der Waals surface area contributed by atoms with Crippen LogP contribution in [0.1, 0.15) is 0 Å². The van der Waals surface area contributed by atoms with Gasteiger partial charge < -0.3 is 15.2 Å². The van der Waals surface area contributed by atoms with Crippen LogP contribution in [0.3, 0.4) is 0 Å². The van der Waals surface area contributed by atoms with Gasteiger partial charge in [-0.15, -0.1) is 0 Å². The molecule has 0 bridgehead atoms. The third kappa shape index (κ3) is 3.70. The van der Waals surface area contributed by atoms with E-state index in [2.05, 4.69) is 106 Å². The van der Waals surface area contributed by atoms with Crippen LogP contribution in [0.4, 0.5) is 22.7 Å². The molecule has 1 aromatic heterocycles. The molecule has 0 fully saturated rings. The van der Waals surface area contributed by atoms with E-state index in [1.165, 1.54) is 21.8 Å². The van der Waals surface area contributed by atoms with E-state index in [-0.39, 0.29) is 0 Å². The molecule has 0 radical (unpaired) electrons. The number of anilines is 4. The van der Waals surface area contributed by atoms with Crippen LogP contribution in [-0.4, -0.2) is 4.57 Å². The highest BCUT2D eigenvalue weighted by atomic mass is 15.0. The minimum atomic E-state index is 1.03. The molecule has 3 heteroatoms. The molecule has 2 N–H and O–H groups in total. The molecule has 33 heavy (non-hydrogen) atoms. The second-order valence-corrected chi connectivity index (χ2v) is 8.12. The molecule has 158 valence electrons. The summed E-state index contributed by atoms with van der Waals surface area (Å²) in [6, 6.07) is 44.3. The fourth-order valence-electron chi connectivity index (χ4n) is 4.46. The maximum Gasteiger partial charge on any atom is 0.0541 e. The van der Waals surface area contributed by atoms with E-state index in [9.17, 15) is 0 Å². The Kier molecular flexibility index (Phi) is 4.78. The lowest BCUT2D eigenvalue weighted by atomic mass is 10.2. The molecule has 0 saturated carbocycles. The molecule has 0 spiro atoms. The van der Waals surface area contributed by atoms with Crippen molar-refractivity contribution in [2.24, 2.45) is 0 Å². The van der Waals surface area contributed by atoms with Gasteiger partial charge in [0.25, 0.3) is 0 Å². The van der Waals surface area contributed by atoms with Crippen molar-refractivity contribution in [1.29, 1.82) is 0 Å². The van der Waals surface area contributed by atoms with E-state index in [4.69, 9.17) is 0 Å². The summed E-state index contributed by atoms with van der Waals surface area (Å²) in [6.07, 6.45) is 0. The Bertz CT molecular complexity index is 1440. The highest BCUT2D eigenvalue weighted by molar-refractivity contribution is 6.09. The van der Waals surface area contributed by atoms with Gasteiger partial charge in [-0.3, -0.25) is 0 Å². The first-order valence-corrected chi connectivity index (χ1v) is 11.1. The lowest BCUT2D eigenvalue weighted by molar-refractivity contribution is 1.18. The third-order valence-electron chi connectivity index (χ3n) is 5.88. The van der Waals surface area contributed by atoms with Crippen molar-refractivity contribution in [1.82, 2.24) is 4.57 Å². The standard InChI is InChI=1S/C30H23N3/c1-3-11-22(12-4-1)31-24-19-25(32-23-13-5-2-6-14-23)21-26(20-24)33-29-17-9-7-15-27(29)28-16-8-10-18-30(28)33/h1-21,31-32H. The number of rotatable bonds is 5. The van der Waals surface area contributed by atoms with Gasteiger partial charge in [-0.1, -0.05) is 72.8 Å². The molecular formula is C30H23N3. The van der Waals surface area contributed by atoms with E-state index in [0.29, 0.717) is 0 Å². The monoisotopic (exact) mass is 425 g/mol. The van der Waals surface area contributed by atoms with E-state index in [1.807, 2.05) is 36.4 Å². The molecular weight excluding hydrogens is 402 g/mol. The van der Waals surface area contributed by atoms with E-state index in [1.54, 1.807) is 0 Å². The maximum atomic E-state index is 3.58. The van der Waals surface area contributed by atoms with Crippen molar-refractivity contribution in [2.45, 2.75) is 0 Å². The van der Waals surface area contributed by atoms with Crippen LogP contribution >= 0.6 is 0 Å². The van der Waals surface area contributed by atoms with Crippen LogP contribution in [0.2, 0.25) is 0 Å². The summed E-state index contributed by atoms with van der Waals surface area (Å²) in [5.41, 5.74) is 7.66. The Morgan fingerprint density at radius 1 is 0.394 bits per heavy atom. The minimum Gasteiger partial charge on any atom is -0.355 e. The van der Waals surface area contributed by atoms with Crippen LogP contribution < -0.4 is 10.6 Å². The first kappa shape index (κ1) is 19.2. The summed E-state index contributed by atoms with van der Waals surface area (Å²) in [4.78, 5) is 0. The normalized spacial score (nSPS) is 11.0. The molecule has 6 aromatic rings. The summed E-state index contributed by atoms with van der Waals surface area (Å²) in [5, 5.41) is 9.66. The second-order valence-electron chi connectivity index (χ2n) is 8.12. The Balaban J connectivity index is 1.55. The van der Waals surface area contributed by atoms with Crippen LogP contribution in [0.25, 0.3) is 27.5 Å².